The first-order valence-electron chi connectivity index (χ1n) is 5.04. The zero-order valence-electron chi connectivity index (χ0n) is 9.85. The Labute approximate surface area is 129 Å². The minimum Gasteiger partial charge on any atom is -0.218 e. The van der Waals surface area contributed by atoms with Gasteiger partial charge < -0.3 is 0 Å². The molecule has 1 aromatic carbocycles. The van der Waals surface area contributed by atoms with E-state index in [1.54, 1.807) is 12.1 Å². The summed E-state index contributed by atoms with van der Waals surface area (Å²) >= 11 is 6.32. The van der Waals surface area contributed by atoms with Gasteiger partial charge in [-0.1, -0.05) is 15.9 Å². The molecule has 6 nitrogen and oxygen atoms in total. The third kappa shape index (κ3) is 5.12. The highest BCUT2D eigenvalue weighted by Gasteiger charge is 2.18. The van der Waals surface area contributed by atoms with E-state index in [0.717, 1.165) is 0 Å². The smallest absolute Gasteiger partial charge is 0.218 e. The summed E-state index contributed by atoms with van der Waals surface area (Å²) in [7, 11) is -5.93. The van der Waals surface area contributed by atoms with Crippen molar-refractivity contribution < 1.29 is 16.8 Å². The van der Waals surface area contributed by atoms with Crippen molar-refractivity contribution in [2.45, 2.75) is 4.90 Å². The molecule has 0 bridgehead atoms. The van der Waals surface area contributed by atoms with E-state index in [4.69, 9.17) is 0 Å². The fourth-order valence-electron chi connectivity index (χ4n) is 1.17. The van der Waals surface area contributed by atoms with E-state index in [1.807, 2.05) is 0 Å². The Morgan fingerprint density at radius 2 is 1.79 bits per heavy atom. The van der Waals surface area contributed by atoms with Crippen molar-refractivity contribution in [1.29, 1.82) is 0 Å². The molecule has 2 N–H and O–H groups in total. The largest absolute Gasteiger partial charge is 0.241 e. The molecule has 0 unspecified atom stereocenters. The Balaban J connectivity index is 2.85. The molecule has 0 aliphatic carbocycles. The van der Waals surface area contributed by atoms with Crippen LogP contribution >= 0.6 is 31.9 Å². The molecular weight excluding hydrogens is 424 g/mol. The molecule has 0 radical (unpaired) electrons. The average Bonchev–Trinajstić information content (AvgIpc) is 2.31. The molecule has 0 aliphatic heterocycles. The summed E-state index contributed by atoms with van der Waals surface area (Å²) < 4.78 is 51.7. The Bertz CT molecular complexity index is 659. The summed E-state index contributed by atoms with van der Waals surface area (Å²) in [6.07, 6.45) is 0. The van der Waals surface area contributed by atoms with E-state index in [0.29, 0.717) is 8.95 Å². The van der Waals surface area contributed by atoms with Gasteiger partial charge in [-0.05, 0) is 41.2 Å². The van der Waals surface area contributed by atoms with Gasteiger partial charge in [0.05, 0.1) is 10.6 Å². The first-order valence-corrected chi connectivity index (χ1v) is 9.76. The van der Waals surface area contributed by atoms with Gasteiger partial charge in [0.2, 0.25) is 20.0 Å². The maximum absolute atomic E-state index is 12.0. The van der Waals surface area contributed by atoms with Crippen molar-refractivity contribution in [3.63, 3.8) is 0 Å². The van der Waals surface area contributed by atoms with Crippen LogP contribution in [0.3, 0.4) is 0 Å². The SMILES string of the molecule is CNS(=O)(=O)CCNS(=O)(=O)c1cc(Br)ccc1Br. The monoisotopic (exact) mass is 434 g/mol. The topological polar surface area (TPSA) is 92.3 Å². The molecule has 19 heavy (non-hydrogen) atoms. The third-order valence-electron chi connectivity index (χ3n) is 2.16. The molecule has 0 saturated carbocycles. The molecule has 0 aliphatic rings. The van der Waals surface area contributed by atoms with Crippen molar-refractivity contribution in [2.24, 2.45) is 0 Å². The standard InChI is InChI=1S/C9H12Br2N2O4S2/c1-12-18(14,15)5-4-13-19(16,17)9-6-7(10)2-3-8(9)11/h2-3,6,12-13H,4-5H2,1H3. The van der Waals surface area contributed by atoms with Crippen LogP contribution in [0.2, 0.25) is 0 Å². The van der Waals surface area contributed by atoms with Crippen LogP contribution in [0.5, 0.6) is 0 Å². The first-order chi connectivity index (χ1) is 8.68. The Morgan fingerprint density at radius 3 is 2.37 bits per heavy atom. The number of rotatable bonds is 6. The van der Waals surface area contributed by atoms with Crippen LogP contribution in [0, 0.1) is 0 Å². The molecule has 0 saturated heterocycles. The van der Waals surface area contributed by atoms with Crippen LogP contribution in [0.1, 0.15) is 0 Å². The van der Waals surface area contributed by atoms with Crippen molar-refractivity contribution in [3.05, 3.63) is 27.1 Å². The van der Waals surface area contributed by atoms with Gasteiger partial charge in [0, 0.05) is 15.5 Å². The molecule has 108 valence electrons. The molecule has 0 amide bonds. The van der Waals surface area contributed by atoms with Crippen molar-refractivity contribution >= 4 is 51.9 Å². The van der Waals surface area contributed by atoms with Gasteiger partial charge in [0.25, 0.3) is 0 Å². The summed E-state index contributed by atoms with van der Waals surface area (Å²) in [4.78, 5) is 0.0451. The number of hydrogen-bond acceptors (Lipinski definition) is 4. The van der Waals surface area contributed by atoms with Gasteiger partial charge in [0.15, 0.2) is 0 Å². The third-order valence-corrected chi connectivity index (χ3v) is 6.47. The highest BCUT2D eigenvalue weighted by atomic mass is 79.9. The predicted octanol–water partition coefficient (Wildman–Crippen LogP) is 1.04. The summed E-state index contributed by atoms with van der Waals surface area (Å²) in [5.74, 6) is -0.325. The normalized spacial score (nSPS) is 12.6. The molecule has 1 rings (SSSR count). The highest BCUT2D eigenvalue weighted by Crippen LogP contribution is 2.25. The van der Waals surface area contributed by atoms with Gasteiger partial charge >= 0.3 is 0 Å². The lowest BCUT2D eigenvalue weighted by Crippen LogP contribution is -2.33. The van der Waals surface area contributed by atoms with E-state index in [-0.39, 0.29) is 17.2 Å². The summed E-state index contributed by atoms with van der Waals surface area (Å²) in [5, 5.41) is 0. The van der Waals surface area contributed by atoms with Crippen LogP contribution in [0.25, 0.3) is 0 Å². The molecule has 1 aromatic rings. The van der Waals surface area contributed by atoms with E-state index < -0.39 is 20.0 Å². The fourth-order valence-corrected chi connectivity index (χ4v) is 4.41. The second-order valence-electron chi connectivity index (χ2n) is 3.50. The highest BCUT2D eigenvalue weighted by molar-refractivity contribution is 9.11. The van der Waals surface area contributed by atoms with Crippen LogP contribution in [-0.4, -0.2) is 36.2 Å². The molecule has 0 aromatic heterocycles. The molecule has 10 heteroatoms. The maximum Gasteiger partial charge on any atom is 0.241 e. The average molecular weight is 436 g/mol. The van der Waals surface area contributed by atoms with Gasteiger partial charge in [-0.25, -0.2) is 26.3 Å². The molecule has 0 fully saturated rings. The number of benzene rings is 1. The van der Waals surface area contributed by atoms with Crippen molar-refractivity contribution in [3.8, 4) is 0 Å². The lowest BCUT2D eigenvalue weighted by Gasteiger charge is -2.09. The molecular formula is C9H12Br2N2O4S2. The fraction of sp³-hybridized carbons (Fsp3) is 0.333. The van der Waals surface area contributed by atoms with E-state index in [2.05, 4.69) is 41.3 Å². The van der Waals surface area contributed by atoms with Crippen molar-refractivity contribution in [2.75, 3.05) is 19.3 Å². The second-order valence-corrected chi connectivity index (χ2v) is 9.05. The zero-order valence-corrected chi connectivity index (χ0v) is 14.7. The number of halogens is 2. The maximum atomic E-state index is 12.0. The van der Waals surface area contributed by atoms with Gasteiger partial charge in [-0.2, -0.15) is 0 Å². The lowest BCUT2D eigenvalue weighted by molar-refractivity contribution is 0.578. The molecule has 0 spiro atoms. The summed E-state index contributed by atoms with van der Waals surface area (Å²) in [5.41, 5.74) is 0. The van der Waals surface area contributed by atoms with Gasteiger partial charge in [0.1, 0.15) is 0 Å². The van der Waals surface area contributed by atoms with Gasteiger partial charge in [-0.15, -0.1) is 0 Å². The first kappa shape index (κ1) is 17.1. The van der Waals surface area contributed by atoms with Crippen LogP contribution in [0.15, 0.2) is 32.0 Å². The van der Waals surface area contributed by atoms with Gasteiger partial charge in [-0.3, -0.25) is 0 Å². The lowest BCUT2D eigenvalue weighted by atomic mass is 10.4. The van der Waals surface area contributed by atoms with E-state index >= 15 is 0 Å². The number of nitrogens with one attached hydrogen (secondary N) is 2. The van der Waals surface area contributed by atoms with Crippen molar-refractivity contribution in [1.82, 2.24) is 9.44 Å². The molecule has 0 atom stereocenters. The Kier molecular flexibility index (Phi) is 5.96. The number of hydrogen-bond donors (Lipinski definition) is 2. The minimum atomic E-state index is -3.76. The van der Waals surface area contributed by atoms with Crippen LogP contribution < -0.4 is 9.44 Å². The second kappa shape index (κ2) is 6.64. The predicted molar refractivity (Wildman–Crippen MR) is 79.9 cm³/mol. The van der Waals surface area contributed by atoms with Crippen LogP contribution in [0.4, 0.5) is 0 Å². The summed E-state index contributed by atoms with van der Waals surface area (Å²) in [6.45, 7) is -0.204. The Morgan fingerprint density at radius 1 is 1.16 bits per heavy atom. The van der Waals surface area contributed by atoms with Crippen LogP contribution in [-0.2, 0) is 20.0 Å². The minimum absolute atomic E-state index is 0.0451. The van der Waals surface area contributed by atoms with E-state index in [1.165, 1.54) is 13.1 Å². The zero-order chi connectivity index (χ0) is 14.7. The molecule has 0 heterocycles. The summed E-state index contributed by atoms with van der Waals surface area (Å²) in [6, 6.07) is 4.70. The Hall–Kier alpha value is -0.000000000000000111. The van der Waals surface area contributed by atoms with E-state index in [9.17, 15) is 16.8 Å². The quantitative estimate of drug-likeness (QED) is 0.698. The number of sulfonamides is 2.